The maximum atomic E-state index is 13.9. The van der Waals surface area contributed by atoms with Crippen LogP contribution in [0.3, 0.4) is 0 Å². The minimum absolute atomic E-state index is 0.0898. The van der Waals surface area contributed by atoms with Crippen LogP contribution in [0.25, 0.3) is 0 Å². The molecule has 0 aliphatic carbocycles. The van der Waals surface area contributed by atoms with E-state index < -0.39 is 11.8 Å². The molecule has 0 atom stereocenters. The number of ether oxygens (including phenoxy) is 1. The smallest absolute Gasteiger partial charge is 0.322 e. The molecule has 0 aliphatic rings. The number of halogens is 1. The van der Waals surface area contributed by atoms with Crippen LogP contribution in [-0.2, 0) is 17.7 Å². The van der Waals surface area contributed by atoms with E-state index in [0.717, 1.165) is 5.69 Å². The Morgan fingerprint density at radius 1 is 1.19 bits per heavy atom. The van der Waals surface area contributed by atoms with Crippen molar-refractivity contribution < 1.29 is 18.7 Å². The first-order valence-electron chi connectivity index (χ1n) is 9.98. The number of nitrogens with one attached hydrogen (secondary N) is 2. The highest BCUT2D eigenvalue weighted by Crippen LogP contribution is 2.16. The summed E-state index contributed by atoms with van der Waals surface area (Å²) in [6.07, 6.45) is 2.33. The first-order valence-corrected chi connectivity index (χ1v) is 10.9. The standard InChI is InChI=1S/C22H24FN5O3S/c1-31-13-12-28(22(30)27-18-8-3-2-7-17(18)23)14-20-26-19(15-32-20)21(29)25-11-9-16-6-4-5-10-24-16/h2-8,10,15H,9,11-14H2,1H3,(H,25,29)(H,27,30). The van der Waals surface area contributed by atoms with Crippen molar-refractivity contribution in [3.63, 3.8) is 0 Å². The van der Waals surface area contributed by atoms with Crippen molar-refractivity contribution in [2.24, 2.45) is 0 Å². The van der Waals surface area contributed by atoms with Crippen LogP contribution in [0, 0.1) is 5.82 Å². The summed E-state index contributed by atoms with van der Waals surface area (Å²) in [5.41, 5.74) is 1.26. The number of aromatic nitrogens is 2. The molecule has 8 nitrogen and oxygen atoms in total. The molecule has 0 saturated heterocycles. The van der Waals surface area contributed by atoms with Crippen LogP contribution < -0.4 is 10.6 Å². The van der Waals surface area contributed by atoms with E-state index in [4.69, 9.17) is 4.74 Å². The quantitative estimate of drug-likeness (QED) is 0.487. The number of methoxy groups -OCH3 is 1. The van der Waals surface area contributed by atoms with Gasteiger partial charge in [0.25, 0.3) is 5.91 Å². The summed E-state index contributed by atoms with van der Waals surface area (Å²) in [6, 6.07) is 11.1. The average Bonchev–Trinajstić information content (AvgIpc) is 3.27. The summed E-state index contributed by atoms with van der Waals surface area (Å²) in [5.74, 6) is -0.811. The van der Waals surface area contributed by atoms with Crippen molar-refractivity contribution in [2.75, 3.05) is 32.1 Å². The number of nitrogens with zero attached hydrogens (tertiary/aromatic N) is 3. The lowest BCUT2D eigenvalue weighted by molar-refractivity contribution is 0.0949. The summed E-state index contributed by atoms with van der Waals surface area (Å²) in [5, 5.41) is 7.61. The molecule has 168 valence electrons. The summed E-state index contributed by atoms with van der Waals surface area (Å²) < 4.78 is 19.0. The Balaban J connectivity index is 1.57. The van der Waals surface area contributed by atoms with Gasteiger partial charge in [0, 0.05) is 43.9 Å². The second-order valence-electron chi connectivity index (χ2n) is 6.78. The number of urea groups is 1. The van der Waals surface area contributed by atoms with Gasteiger partial charge in [-0.1, -0.05) is 18.2 Å². The second kappa shape index (κ2) is 11.9. The molecule has 3 rings (SSSR count). The molecule has 2 heterocycles. The topological polar surface area (TPSA) is 96.4 Å². The maximum Gasteiger partial charge on any atom is 0.322 e. The van der Waals surface area contributed by atoms with Gasteiger partial charge in [-0.05, 0) is 24.3 Å². The van der Waals surface area contributed by atoms with Gasteiger partial charge in [-0.25, -0.2) is 14.2 Å². The minimum atomic E-state index is -0.522. The predicted octanol–water partition coefficient (Wildman–Crippen LogP) is 3.33. The molecular weight excluding hydrogens is 433 g/mol. The van der Waals surface area contributed by atoms with Gasteiger partial charge < -0.3 is 20.3 Å². The zero-order chi connectivity index (χ0) is 22.8. The number of anilines is 1. The van der Waals surface area contributed by atoms with Crippen LogP contribution >= 0.6 is 11.3 Å². The number of benzene rings is 1. The van der Waals surface area contributed by atoms with E-state index in [1.165, 1.54) is 35.5 Å². The Kier molecular flexibility index (Phi) is 8.64. The van der Waals surface area contributed by atoms with Crippen LogP contribution in [0.5, 0.6) is 0 Å². The SMILES string of the molecule is COCCN(Cc1nc(C(=O)NCCc2ccccn2)cs1)C(=O)Nc1ccccc1F. The fourth-order valence-electron chi connectivity index (χ4n) is 2.80. The summed E-state index contributed by atoms with van der Waals surface area (Å²) >= 11 is 1.28. The van der Waals surface area contributed by atoms with E-state index in [1.54, 1.807) is 23.7 Å². The predicted molar refractivity (Wildman–Crippen MR) is 120 cm³/mol. The van der Waals surface area contributed by atoms with Gasteiger partial charge in [0.05, 0.1) is 18.8 Å². The fourth-order valence-corrected chi connectivity index (χ4v) is 3.59. The Morgan fingerprint density at radius 2 is 2.00 bits per heavy atom. The highest BCUT2D eigenvalue weighted by molar-refractivity contribution is 7.09. The van der Waals surface area contributed by atoms with E-state index in [1.807, 2.05) is 18.2 Å². The van der Waals surface area contributed by atoms with Crippen molar-refractivity contribution in [1.29, 1.82) is 0 Å². The van der Waals surface area contributed by atoms with Crippen molar-refractivity contribution in [3.8, 4) is 0 Å². The highest BCUT2D eigenvalue weighted by Gasteiger charge is 2.18. The first-order chi connectivity index (χ1) is 15.6. The Labute approximate surface area is 189 Å². The number of para-hydroxylation sites is 1. The number of hydrogen-bond donors (Lipinski definition) is 2. The van der Waals surface area contributed by atoms with Crippen LogP contribution in [-0.4, -0.2) is 53.6 Å². The number of thiazole rings is 1. The van der Waals surface area contributed by atoms with Gasteiger partial charge in [-0.2, -0.15) is 0 Å². The summed E-state index contributed by atoms with van der Waals surface area (Å²) in [6.45, 7) is 1.18. The first kappa shape index (κ1) is 23.3. The fraction of sp³-hybridized carbons (Fsp3) is 0.273. The van der Waals surface area contributed by atoms with Crippen LogP contribution in [0.15, 0.2) is 54.0 Å². The van der Waals surface area contributed by atoms with Gasteiger partial charge in [0.2, 0.25) is 0 Å². The summed E-state index contributed by atoms with van der Waals surface area (Å²) in [7, 11) is 1.53. The normalized spacial score (nSPS) is 10.6. The van der Waals surface area contributed by atoms with E-state index in [2.05, 4.69) is 20.6 Å². The van der Waals surface area contributed by atoms with Crippen molar-refractivity contribution in [2.45, 2.75) is 13.0 Å². The third kappa shape index (κ3) is 6.82. The molecule has 0 fully saturated rings. The van der Waals surface area contributed by atoms with Crippen LogP contribution in [0.4, 0.5) is 14.9 Å². The molecule has 0 bridgehead atoms. The molecule has 2 N–H and O–H groups in total. The molecule has 0 aliphatic heterocycles. The van der Waals surface area contributed by atoms with Crippen LogP contribution in [0.2, 0.25) is 0 Å². The second-order valence-corrected chi connectivity index (χ2v) is 7.72. The van der Waals surface area contributed by atoms with E-state index >= 15 is 0 Å². The van der Waals surface area contributed by atoms with Crippen LogP contribution in [0.1, 0.15) is 21.2 Å². The van der Waals surface area contributed by atoms with Gasteiger partial charge in [0.15, 0.2) is 0 Å². The van der Waals surface area contributed by atoms with Gasteiger partial charge in [-0.15, -0.1) is 11.3 Å². The highest BCUT2D eigenvalue weighted by atomic mass is 32.1. The lowest BCUT2D eigenvalue weighted by Crippen LogP contribution is -2.37. The maximum absolute atomic E-state index is 13.9. The van der Waals surface area contributed by atoms with Gasteiger partial charge >= 0.3 is 6.03 Å². The van der Waals surface area contributed by atoms with Crippen molar-refractivity contribution in [3.05, 3.63) is 76.3 Å². The number of carbonyl (C=O) groups is 2. The van der Waals surface area contributed by atoms with E-state index in [0.29, 0.717) is 24.6 Å². The Bertz CT molecular complexity index is 1030. The molecule has 3 amide bonds. The molecule has 0 saturated carbocycles. The number of rotatable bonds is 10. The molecule has 0 spiro atoms. The largest absolute Gasteiger partial charge is 0.383 e. The van der Waals surface area contributed by atoms with Gasteiger partial charge in [0.1, 0.15) is 16.5 Å². The summed E-state index contributed by atoms with van der Waals surface area (Å²) in [4.78, 5) is 35.1. The van der Waals surface area contributed by atoms with E-state index in [9.17, 15) is 14.0 Å². The zero-order valence-corrected chi connectivity index (χ0v) is 18.4. The number of carbonyl (C=O) groups excluding carboxylic acids is 2. The zero-order valence-electron chi connectivity index (χ0n) is 17.6. The monoisotopic (exact) mass is 457 g/mol. The minimum Gasteiger partial charge on any atom is -0.383 e. The Morgan fingerprint density at radius 3 is 2.75 bits per heavy atom. The lowest BCUT2D eigenvalue weighted by Gasteiger charge is -2.22. The average molecular weight is 458 g/mol. The molecule has 1 aromatic carbocycles. The lowest BCUT2D eigenvalue weighted by atomic mass is 10.2. The molecule has 0 unspecified atom stereocenters. The number of amides is 3. The van der Waals surface area contributed by atoms with Crippen molar-refractivity contribution in [1.82, 2.24) is 20.2 Å². The third-order valence-corrected chi connectivity index (χ3v) is 5.30. The Hall–Kier alpha value is -3.37. The molecule has 3 aromatic rings. The molecule has 2 aromatic heterocycles. The van der Waals surface area contributed by atoms with E-state index in [-0.39, 0.29) is 30.4 Å². The van der Waals surface area contributed by atoms with Gasteiger partial charge in [-0.3, -0.25) is 9.78 Å². The third-order valence-electron chi connectivity index (χ3n) is 4.47. The molecule has 10 heteroatoms. The molecule has 32 heavy (non-hydrogen) atoms. The van der Waals surface area contributed by atoms with Crippen molar-refractivity contribution >= 4 is 29.0 Å². The number of hydrogen-bond acceptors (Lipinski definition) is 6. The number of pyridine rings is 1. The molecular formula is C22H24FN5O3S. The molecule has 0 radical (unpaired) electrons.